The number of hydrogen-bond acceptors (Lipinski definition) is 9. The fraction of sp³-hybridized carbons (Fsp3) is 0.724. The van der Waals surface area contributed by atoms with Gasteiger partial charge in [-0.25, -0.2) is 4.79 Å². The van der Waals surface area contributed by atoms with Gasteiger partial charge in [0, 0.05) is 17.9 Å². The van der Waals surface area contributed by atoms with Crippen molar-refractivity contribution in [1.29, 1.82) is 0 Å². The van der Waals surface area contributed by atoms with Crippen molar-refractivity contribution in [2.24, 2.45) is 16.7 Å². The molecule has 9 nitrogen and oxygen atoms in total. The molecule has 2 aliphatic carbocycles. The average Bonchev–Trinajstić information content (AvgIpc) is 3.64. The van der Waals surface area contributed by atoms with Gasteiger partial charge in [0.25, 0.3) is 0 Å². The highest BCUT2D eigenvalue weighted by atomic mass is 16.6. The zero-order valence-corrected chi connectivity index (χ0v) is 22.6. The van der Waals surface area contributed by atoms with Gasteiger partial charge in [-0.05, 0) is 32.6 Å². The SMILES string of the molecule is CC1=CC2OC3CC4OC(=O)/C=C/C=C/C(C(C)O)OCC(O)C(C)CC(=O)OCC2(CC1)C4(C)C31CO1. The highest BCUT2D eigenvalue weighted by Crippen LogP contribution is 2.72. The first kappa shape index (κ1) is 27.5. The summed E-state index contributed by atoms with van der Waals surface area (Å²) in [6, 6.07) is 0. The molecule has 3 heterocycles. The Hall–Kier alpha value is -2.04. The lowest BCUT2D eigenvalue weighted by molar-refractivity contribution is -0.233. The Kier molecular flexibility index (Phi) is 7.37. The zero-order chi connectivity index (χ0) is 27.3. The van der Waals surface area contributed by atoms with Crippen LogP contribution in [0.15, 0.2) is 36.0 Å². The van der Waals surface area contributed by atoms with Gasteiger partial charge >= 0.3 is 11.9 Å². The number of hydrogen-bond donors (Lipinski definition) is 2. The largest absolute Gasteiger partial charge is 0.465 e. The molecule has 0 amide bonds. The molecule has 0 aromatic rings. The van der Waals surface area contributed by atoms with E-state index in [-0.39, 0.29) is 31.8 Å². The maximum absolute atomic E-state index is 13.0. The van der Waals surface area contributed by atoms with Crippen molar-refractivity contribution in [3.8, 4) is 0 Å². The van der Waals surface area contributed by atoms with Crippen LogP contribution in [0.25, 0.3) is 0 Å². The van der Waals surface area contributed by atoms with Crippen molar-refractivity contribution in [2.75, 3.05) is 19.8 Å². The number of cyclic esters (lactones) is 1. The van der Waals surface area contributed by atoms with Gasteiger partial charge in [0.15, 0.2) is 0 Å². The number of esters is 2. The molecule has 10 unspecified atom stereocenters. The fourth-order valence-electron chi connectivity index (χ4n) is 7.02. The van der Waals surface area contributed by atoms with Crippen LogP contribution in [-0.2, 0) is 33.3 Å². The molecule has 3 fully saturated rings. The van der Waals surface area contributed by atoms with Crippen molar-refractivity contribution in [1.82, 2.24) is 0 Å². The first-order valence-corrected chi connectivity index (χ1v) is 13.7. The van der Waals surface area contributed by atoms with Gasteiger partial charge in [-0.2, -0.15) is 0 Å². The summed E-state index contributed by atoms with van der Waals surface area (Å²) >= 11 is 0. The number of allylic oxidation sites excluding steroid dienone is 3. The highest BCUT2D eigenvalue weighted by molar-refractivity contribution is 5.82. The molecule has 1 saturated carbocycles. The smallest absolute Gasteiger partial charge is 0.331 e. The Morgan fingerprint density at radius 3 is 2.63 bits per heavy atom. The Balaban J connectivity index is 1.50. The molecule has 9 heteroatoms. The van der Waals surface area contributed by atoms with E-state index in [1.807, 2.05) is 0 Å². The topological polar surface area (TPSA) is 124 Å². The summed E-state index contributed by atoms with van der Waals surface area (Å²) in [6.45, 7) is 8.08. The molecule has 2 saturated heterocycles. The summed E-state index contributed by atoms with van der Waals surface area (Å²) in [5, 5.41) is 20.7. The predicted octanol–water partition coefficient (Wildman–Crippen LogP) is 2.39. The lowest BCUT2D eigenvalue weighted by Crippen LogP contribution is -2.66. The van der Waals surface area contributed by atoms with Gasteiger partial charge in [0.2, 0.25) is 0 Å². The van der Waals surface area contributed by atoms with Crippen molar-refractivity contribution in [2.45, 2.75) is 95.6 Å². The predicted molar refractivity (Wildman–Crippen MR) is 136 cm³/mol. The van der Waals surface area contributed by atoms with E-state index < -0.39 is 58.7 Å². The molecular weight excluding hydrogens is 492 g/mol. The van der Waals surface area contributed by atoms with Gasteiger partial charge in [0.1, 0.15) is 24.4 Å². The van der Waals surface area contributed by atoms with E-state index in [2.05, 4.69) is 19.9 Å². The molecular formula is C29H40O9. The molecule has 0 aromatic carbocycles. The van der Waals surface area contributed by atoms with E-state index in [0.29, 0.717) is 19.4 Å². The van der Waals surface area contributed by atoms with Gasteiger partial charge in [0.05, 0.1) is 49.5 Å². The summed E-state index contributed by atoms with van der Waals surface area (Å²) in [5.41, 5.74) is -0.638. The number of aliphatic hydroxyl groups is 2. The first-order valence-electron chi connectivity index (χ1n) is 13.7. The van der Waals surface area contributed by atoms with E-state index >= 15 is 0 Å². The van der Waals surface area contributed by atoms with Crippen LogP contribution in [0, 0.1) is 16.7 Å². The second-order valence-corrected chi connectivity index (χ2v) is 11.9. The number of ether oxygens (including phenoxy) is 5. The van der Waals surface area contributed by atoms with E-state index in [0.717, 1.165) is 6.42 Å². The second-order valence-electron chi connectivity index (χ2n) is 11.9. The maximum Gasteiger partial charge on any atom is 0.331 e. The Morgan fingerprint density at radius 1 is 1.16 bits per heavy atom. The van der Waals surface area contributed by atoms with Crippen molar-refractivity contribution in [3.05, 3.63) is 36.0 Å². The van der Waals surface area contributed by atoms with Crippen LogP contribution in [0.3, 0.4) is 0 Å². The van der Waals surface area contributed by atoms with Crippen LogP contribution in [0.4, 0.5) is 0 Å². The third-order valence-corrected chi connectivity index (χ3v) is 9.69. The maximum atomic E-state index is 13.0. The summed E-state index contributed by atoms with van der Waals surface area (Å²) in [7, 11) is 0. The Morgan fingerprint density at radius 2 is 1.92 bits per heavy atom. The lowest BCUT2D eigenvalue weighted by Gasteiger charge is -2.58. The number of epoxide rings is 1. The summed E-state index contributed by atoms with van der Waals surface area (Å²) in [4.78, 5) is 26.0. The number of aliphatic hydroxyl groups excluding tert-OH is 2. The number of carbonyl (C=O) groups is 2. The highest BCUT2D eigenvalue weighted by Gasteiger charge is 2.83. The molecule has 2 spiro atoms. The van der Waals surface area contributed by atoms with E-state index in [4.69, 9.17) is 23.7 Å². The van der Waals surface area contributed by atoms with Crippen molar-refractivity contribution >= 4 is 11.9 Å². The first-order chi connectivity index (χ1) is 18.0. The third kappa shape index (κ3) is 4.46. The molecule has 10 atom stereocenters. The van der Waals surface area contributed by atoms with Crippen LogP contribution in [0.1, 0.15) is 53.4 Å². The van der Waals surface area contributed by atoms with Crippen LogP contribution < -0.4 is 0 Å². The minimum atomic E-state index is -0.925. The second kappa shape index (κ2) is 10.2. The van der Waals surface area contributed by atoms with Gasteiger partial charge < -0.3 is 33.9 Å². The van der Waals surface area contributed by atoms with Gasteiger partial charge in [-0.15, -0.1) is 0 Å². The lowest BCUT2D eigenvalue weighted by atomic mass is 9.51. The van der Waals surface area contributed by atoms with E-state index in [1.165, 1.54) is 11.6 Å². The van der Waals surface area contributed by atoms with Gasteiger partial charge in [-0.1, -0.05) is 43.7 Å². The molecule has 5 aliphatic rings. The zero-order valence-electron chi connectivity index (χ0n) is 22.6. The van der Waals surface area contributed by atoms with Crippen LogP contribution in [0.5, 0.6) is 0 Å². The summed E-state index contributed by atoms with van der Waals surface area (Å²) in [5.74, 6) is -1.33. The average molecular weight is 533 g/mol. The third-order valence-electron chi connectivity index (χ3n) is 9.69. The summed E-state index contributed by atoms with van der Waals surface area (Å²) in [6.07, 6.45) is 6.84. The number of rotatable bonds is 1. The van der Waals surface area contributed by atoms with Gasteiger partial charge in [-0.3, -0.25) is 4.79 Å². The van der Waals surface area contributed by atoms with Crippen LogP contribution in [0.2, 0.25) is 0 Å². The molecule has 0 aromatic heterocycles. The number of carbonyl (C=O) groups excluding carboxylic acids is 2. The standard InChI is InChI=1S/C29H40O9/c1-17-9-10-28-15-35-26(33)12-18(2)20(31)14-34-21(19(3)30)7-5-6-8-25(32)38-22-13-24(37-23(28)11-17)29(16-36-29)27(22,28)4/h5-8,11,18-24,30-31H,9-10,12-16H2,1-4H3/b7-5+,8-6+. The normalized spacial score (nSPS) is 48.0. The summed E-state index contributed by atoms with van der Waals surface area (Å²) < 4.78 is 30.5. The van der Waals surface area contributed by atoms with E-state index in [1.54, 1.807) is 32.1 Å². The minimum Gasteiger partial charge on any atom is -0.465 e. The quantitative estimate of drug-likeness (QED) is 0.298. The van der Waals surface area contributed by atoms with Crippen LogP contribution >= 0.6 is 0 Å². The molecule has 5 rings (SSSR count). The van der Waals surface area contributed by atoms with Crippen molar-refractivity contribution < 1.29 is 43.5 Å². The van der Waals surface area contributed by atoms with Crippen molar-refractivity contribution in [3.63, 3.8) is 0 Å². The molecule has 2 bridgehead atoms. The molecule has 2 N–H and O–H groups in total. The Labute approximate surface area is 223 Å². The van der Waals surface area contributed by atoms with E-state index in [9.17, 15) is 19.8 Å². The minimum absolute atomic E-state index is 0.0122. The molecule has 3 aliphatic heterocycles. The van der Waals surface area contributed by atoms with Crippen LogP contribution in [-0.4, -0.2) is 84.2 Å². The monoisotopic (exact) mass is 532 g/mol. The molecule has 210 valence electrons. The fourth-order valence-corrected chi connectivity index (χ4v) is 7.02. The molecule has 38 heavy (non-hydrogen) atoms. The molecule has 0 radical (unpaired) electrons. The Bertz CT molecular complexity index is 1030.